The van der Waals surface area contributed by atoms with Crippen LogP contribution in [0.3, 0.4) is 0 Å². The zero-order valence-corrected chi connectivity index (χ0v) is 10.6. The van der Waals surface area contributed by atoms with E-state index in [0.717, 1.165) is 11.3 Å². The number of rotatable bonds is 5. The number of sulfonamides is 1. The fourth-order valence-corrected chi connectivity index (χ4v) is 3.57. The number of thiophene rings is 1. The summed E-state index contributed by atoms with van der Waals surface area (Å²) in [5.41, 5.74) is 0.658. The van der Waals surface area contributed by atoms with Crippen molar-refractivity contribution < 1.29 is 18.3 Å². The van der Waals surface area contributed by atoms with Crippen LogP contribution in [-0.4, -0.2) is 29.7 Å². The normalized spacial score (nSPS) is 11.6. The molecule has 3 N–H and O–H groups in total. The predicted molar refractivity (Wildman–Crippen MR) is 63.9 cm³/mol. The number of aromatic nitrogens is 2. The van der Waals surface area contributed by atoms with Gasteiger partial charge in [-0.3, -0.25) is 5.10 Å². The third kappa shape index (κ3) is 2.58. The van der Waals surface area contributed by atoms with Gasteiger partial charge < -0.3 is 5.11 Å². The molecular weight excluding hydrogens is 278 g/mol. The van der Waals surface area contributed by atoms with Gasteiger partial charge in [0, 0.05) is 18.3 Å². The second-order valence-electron chi connectivity index (χ2n) is 3.35. The van der Waals surface area contributed by atoms with Gasteiger partial charge in [0.25, 0.3) is 0 Å². The molecule has 2 aromatic heterocycles. The molecule has 0 bridgehead atoms. The molecular formula is C9H9N3O4S2. The van der Waals surface area contributed by atoms with E-state index in [2.05, 4.69) is 14.9 Å². The Morgan fingerprint density at radius 3 is 2.94 bits per heavy atom. The zero-order valence-electron chi connectivity index (χ0n) is 8.95. The van der Waals surface area contributed by atoms with E-state index in [0.29, 0.717) is 5.56 Å². The Hall–Kier alpha value is -1.71. The van der Waals surface area contributed by atoms with Gasteiger partial charge in [0.15, 0.2) is 0 Å². The Labute approximate surface area is 107 Å². The van der Waals surface area contributed by atoms with E-state index >= 15 is 0 Å². The van der Waals surface area contributed by atoms with Crippen molar-refractivity contribution in [2.24, 2.45) is 0 Å². The molecule has 0 aromatic carbocycles. The lowest BCUT2D eigenvalue weighted by molar-refractivity contribution is 0.0698. The van der Waals surface area contributed by atoms with Crippen molar-refractivity contribution in [3.63, 3.8) is 0 Å². The van der Waals surface area contributed by atoms with Crippen molar-refractivity contribution in [3.05, 3.63) is 34.3 Å². The van der Waals surface area contributed by atoms with Gasteiger partial charge in [-0.15, -0.1) is 11.3 Å². The summed E-state index contributed by atoms with van der Waals surface area (Å²) in [4.78, 5) is 10.4. The van der Waals surface area contributed by atoms with Crippen LogP contribution in [0.4, 0.5) is 0 Å². The second kappa shape index (κ2) is 4.88. The Balaban J connectivity index is 2.20. The summed E-state index contributed by atoms with van der Waals surface area (Å²) in [5.74, 6) is -1.26. The molecule has 0 saturated carbocycles. The van der Waals surface area contributed by atoms with Crippen LogP contribution >= 0.6 is 11.3 Å². The van der Waals surface area contributed by atoms with E-state index in [1.54, 1.807) is 6.20 Å². The lowest BCUT2D eigenvalue weighted by atomic mass is 10.4. The van der Waals surface area contributed by atoms with E-state index in [1.165, 1.54) is 17.6 Å². The number of nitrogens with zero attached hydrogens (tertiary/aromatic N) is 1. The molecule has 0 unspecified atom stereocenters. The van der Waals surface area contributed by atoms with Crippen LogP contribution in [-0.2, 0) is 16.6 Å². The number of aromatic amines is 1. The summed E-state index contributed by atoms with van der Waals surface area (Å²) in [7, 11) is -3.83. The molecule has 9 heteroatoms. The first-order chi connectivity index (χ1) is 8.50. The summed E-state index contributed by atoms with van der Waals surface area (Å²) in [5, 5.41) is 16.5. The van der Waals surface area contributed by atoms with Crippen LogP contribution < -0.4 is 4.72 Å². The maximum atomic E-state index is 11.9. The molecule has 0 aliphatic heterocycles. The molecule has 0 atom stereocenters. The van der Waals surface area contributed by atoms with Crippen LogP contribution in [0, 0.1) is 0 Å². The summed E-state index contributed by atoms with van der Waals surface area (Å²) in [6.07, 6.45) is 3.03. The molecule has 18 heavy (non-hydrogen) atoms. The fraction of sp³-hybridized carbons (Fsp3) is 0.111. The highest BCUT2D eigenvalue weighted by Gasteiger charge is 2.23. The van der Waals surface area contributed by atoms with Crippen LogP contribution in [0.5, 0.6) is 0 Å². The summed E-state index contributed by atoms with van der Waals surface area (Å²) in [6, 6.07) is 1.27. The van der Waals surface area contributed by atoms with Crippen molar-refractivity contribution in [2.45, 2.75) is 11.4 Å². The first-order valence-corrected chi connectivity index (χ1v) is 7.15. The van der Waals surface area contributed by atoms with Crippen molar-refractivity contribution >= 4 is 27.3 Å². The lowest BCUT2D eigenvalue weighted by Crippen LogP contribution is -2.24. The average Bonchev–Trinajstić information content (AvgIpc) is 2.98. The van der Waals surface area contributed by atoms with Crippen LogP contribution in [0.15, 0.2) is 28.7 Å². The third-order valence-corrected chi connectivity index (χ3v) is 4.61. The van der Waals surface area contributed by atoms with E-state index in [4.69, 9.17) is 5.11 Å². The summed E-state index contributed by atoms with van der Waals surface area (Å²) >= 11 is 0.871. The summed E-state index contributed by atoms with van der Waals surface area (Å²) < 4.78 is 26.1. The topological polar surface area (TPSA) is 112 Å². The van der Waals surface area contributed by atoms with E-state index < -0.39 is 16.0 Å². The van der Waals surface area contributed by atoms with E-state index in [-0.39, 0.29) is 16.3 Å². The minimum absolute atomic E-state index is 0.0493. The number of hydrogen-bond acceptors (Lipinski definition) is 5. The predicted octanol–water partition coefficient (Wildman–Crippen LogP) is 0.648. The van der Waals surface area contributed by atoms with Gasteiger partial charge in [-0.2, -0.15) is 5.10 Å². The molecule has 2 aromatic rings. The van der Waals surface area contributed by atoms with Gasteiger partial charge >= 0.3 is 5.97 Å². The van der Waals surface area contributed by atoms with Gasteiger partial charge in [-0.25, -0.2) is 17.9 Å². The molecule has 0 amide bonds. The Bertz CT molecular complexity index is 645. The zero-order chi connectivity index (χ0) is 13.2. The van der Waals surface area contributed by atoms with E-state index in [9.17, 15) is 13.2 Å². The van der Waals surface area contributed by atoms with Crippen LogP contribution in [0.25, 0.3) is 0 Å². The molecule has 0 radical (unpaired) electrons. The number of nitrogens with one attached hydrogen (secondary N) is 2. The van der Waals surface area contributed by atoms with Gasteiger partial charge in [-0.05, 0) is 11.4 Å². The number of aromatic carboxylic acids is 1. The molecule has 0 aliphatic rings. The maximum Gasteiger partial charge on any atom is 0.347 e. The summed E-state index contributed by atoms with van der Waals surface area (Å²) in [6.45, 7) is 0.0493. The Morgan fingerprint density at radius 1 is 1.56 bits per heavy atom. The van der Waals surface area contributed by atoms with Gasteiger partial charge in [0.1, 0.15) is 9.77 Å². The number of H-pyrrole nitrogens is 1. The molecule has 2 rings (SSSR count). The molecule has 96 valence electrons. The number of carboxylic acid groups (broad SMARTS) is 1. The maximum absolute atomic E-state index is 11.9. The average molecular weight is 287 g/mol. The van der Waals surface area contributed by atoms with Gasteiger partial charge in [0.2, 0.25) is 10.0 Å². The monoisotopic (exact) mass is 287 g/mol. The highest BCUT2D eigenvalue weighted by atomic mass is 32.2. The van der Waals surface area contributed by atoms with Crippen molar-refractivity contribution in [1.29, 1.82) is 0 Å². The van der Waals surface area contributed by atoms with Crippen LogP contribution in [0.2, 0.25) is 0 Å². The van der Waals surface area contributed by atoms with Crippen molar-refractivity contribution in [1.82, 2.24) is 14.9 Å². The van der Waals surface area contributed by atoms with E-state index in [1.807, 2.05) is 0 Å². The number of hydrogen-bond donors (Lipinski definition) is 3. The molecule has 0 aliphatic carbocycles. The SMILES string of the molecule is O=C(O)c1sccc1S(=O)(=O)NCc1cn[nH]c1. The molecule has 0 fully saturated rings. The highest BCUT2D eigenvalue weighted by molar-refractivity contribution is 7.89. The molecule has 7 nitrogen and oxygen atoms in total. The number of carbonyl (C=O) groups is 1. The smallest absolute Gasteiger partial charge is 0.347 e. The van der Waals surface area contributed by atoms with Crippen molar-refractivity contribution in [3.8, 4) is 0 Å². The molecule has 0 saturated heterocycles. The first kappa shape index (κ1) is 12.7. The first-order valence-electron chi connectivity index (χ1n) is 4.79. The minimum Gasteiger partial charge on any atom is -0.477 e. The molecule has 2 heterocycles. The standard InChI is InChI=1S/C9H9N3O4S2/c13-9(14)8-7(1-2-17-8)18(15,16)12-5-6-3-10-11-4-6/h1-4,12H,5H2,(H,10,11)(H,13,14). The quantitative estimate of drug-likeness (QED) is 0.747. The van der Waals surface area contributed by atoms with Crippen LogP contribution in [0.1, 0.15) is 15.2 Å². The number of carboxylic acids is 1. The third-order valence-electron chi connectivity index (χ3n) is 2.13. The van der Waals surface area contributed by atoms with Crippen molar-refractivity contribution in [2.75, 3.05) is 0 Å². The minimum atomic E-state index is -3.83. The highest BCUT2D eigenvalue weighted by Crippen LogP contribution is 2.21. The fourth-order valence-electron chi connectivity index (χ4n) is 1.30. The second-order valence-corrected chi connectivity index (χ2v) is 6.00. The Morgan fingerprint density at radius 2 is 2.33 bits per heavy atom. The lowest BCUT2D eigenvalue weighted by Gasteiger charge is -2.04. The van der Waals surface area contributed by atoms with Gasteiger partial charge in [-0.1, -0.05) is 0 Å². The largest absolute Gasteiger partial charge is 0.477 e. The molecule has 0 spiro atoms. The van der Waals surface area contributed by atoms with Gasteiger partial charge in [0.05, 0.1) is 6.20 Å². The Kier molecular flexibility index (Phi) is 3.45.